The van der Waals surface area contributed by atoms with Gasteiger partial charge in [0.25, 0.3) is 0 Å². The molecule has 0 bridgehead atoms. The molecule has 0 aromatic carbocycles. The highest BCUT2D eigenvalue weighted by Gasteiger charge is 2.17. The molecule has 1 fully saturated rings. The standard InChI is InChI=1S/C17H32O/c1-2-3-4-5-6-7-8-9-10-11-16-12-14-17(18)15-13-16/h16H,2-15H2,1H3. The van der Waals surface area contributed by atoms with Crippen molar-refractivity contribution in [3.05, 3.63) is 0 Å². The van der Waals surface area contributed by atoms with E-state index in [1.807, 2.05) is 0 Å². The largest absolute Gasteiger partial charge is 0.300 e. The van der Waals surface area contributed by atoms with Gasteiger partial charge in [0, 0.05) is 12.8 Å². The molecule has 1 heteroatoms. The smallest absolute Gasteiger partial charge is 0.132 e. The van der Waals surface area contributed by atoms with Crippen molar-refractivity contribution in [2.45, 2.75) is 96.8 Å². The lowest BCUT2D eigenvalue weighted by molar-refractivity contribution is -0.121. The summed E-state index contributed by atoms with van der Waals surface area (Å²) in [5.41, 5.74) is 0. The molecule has 1 aliphatic rings. The SMILES string of the molecule is CCCCCCCCCCCC1CCC(=O)CC1. The van der Waals surface area contributed by atoms with Gasteiger partial charge in [0.2, 0.25) is 0 Å². The highest BCUT2D eigenvalue weighted by Crippen LogP contribution is 2.26. The van der Waals surface area contributed by atoms with Crippen LogP contribution in [0.4, 0.5) is 0 Å². The van der Waals surface area contributed by atoms with Crippen molar-refractivity contribution in [3.8, 4) is 0 Å². The van der Waals surface area contributed by atoms with Gasteiger partial charge in [-0.2, -0.15) is 0 Å². The van der Waals surface area contributed by atoms with Crippen molar-refractivity contribution in [1.82, 2.24) is 0 Å². The van der Waals surface area contributed by atoms with Crippen molar-refractivity contribution >= 4 is 5.78 Å². The van der Waals surface area contributed by atoms with Crippen molar-refractivity contribution in [3.63, 3.8) is 0 Å². The normalized spacial score (nSPS) is 17.3. The zero-order chi connectivity index (χ0) is 13.1. The van der Waals surface area contributed by atoms with Crippen LogP contribution in [0.15, 0.2) is 0 Å². The lowest BCUT2D eigenvalue weighted by Crippen LogP contribution is -2.13. The van der Waals surface area contributed by atoms with Crippen LogP contribution in [0, 0.1) is 5.92 Å². The first kappa shape index (κ1) is 15.7. The Morgan fingerprint density at radius 1 is 0.833 bits per heavy atom. The number of carbonyl (C=O) groups is 1. The molecule has 0 unspecified atom stereocenters. The molecule has 1 nitrogen and oxygen atoms in total. The van der Waals surface area contributed by atoms with Gasteiger partial charge in [-0.05, 0) is 18.8 Å². The Bertz CT molecular complexity index is 200. The maximum absolute atomic E-state index is 11.1. The minimum Gasteiger partial charge on any atom is -0.300 e. The lowest BCUT2D eigenvalue weighted by atomic mass is 9.85. The zero-order valence-corrected chi connectivity index (χ0v) is 12.4. The molecule has 0 atom stereocenters. The van der Waals surface area contributed by atoms with Crippen LogP contribution in [0.5, 0.6) is 0 Å². The second-order valence-electron chi connectivity index (χ2n) is 6.10. The number of carbonyl (C=O) groups excluding carboxylic acids is 1. The third-order valence-corrected chi connectivity index (χ3v) is 4.38. The molecule has 0 aliphatic heterocycles. The molecule has 0 radical (unpaired) electrons. The summed E-state index contributed by atoms with van der Waals surface area (Å²) < 4.78 is 0. The van der Waals surface area contributed by atoms with Crippen LogP contribution in [0.2, 0.25) is 0 Å². The molecule has 1 aliphatic carbocycles. The second-order valence-corrected chi connectivity index (χ2v) is 6.10. The van der Waals surface area contributed by atoms with Gasteiger partial charge in [0.15, 0.2) is 0 Å². The van der Waals surface area contributed by atoms with Gasteiger partial charge in [0.05, 0.1) is 0 Å². The summed E-state index contributed by atoms with van der Waals surface area (Å²) in [6.07, 6.45) is 18.2. The van der Waals surface area contributed by atoms with Gasteiger partial charge in [-0.3, -0.25) is 4.79 Å². The highest BCUT2D eigenvalue weighted by molar-refractivity contribution is 5.78. The molecule has 0 heterocycles. The average Bonchev–Trinajstić information content (AvgIpc) is 2.39. The van der Waals surface area contributed by atoms with E-state index >= 15 is 0 Å². The fourth-order valence-corrected chi connectivity index (χ4v) is 3.03. The van der Waals surface area contributed by atoms with Crippen molar-refractivity contribution < 1.29 is 4.79 Å². The van der Waals surface area contributed by atoms with Crippen LogP contribution < -0.4 is 0 Å². The van der Waals surface area contributed by atoms with Crippen LogP contribution in [0.25, 0.3) is 0 Å². The van der Waals surface area contributed by atoms with E-state index < -0.39 is 0 Å². The van der Waals surface area contributed by atoms with Crippen LogP contribution in [-0.4, -0.2) is 5.78 Å². The van der Waals surface area contributed by atoms with E-state index in [9.17, 15) is 4.79 Å². The summed E-state index contributed by atoms with van der Waals surface area (Å²) in [6.45, 7) is 2.28. The van der Waals surface area contributed by atoms with Crippen LogP contribution in [0.1, 0.15) is 96.8 Å². The fraction of sp³-hybridized carbons (Fsp3) is 0.941. The summed E-state index contributed by atoms with van der Waals surface area (Å²) in [7, 11) is 0. The predicted molar refractivity (Wildman–Crippen MR) is 78.8 cm³/mol. The Kier molecular flexibility index (Phi) is 9.24. The highest BCUT2D eigenvalue weighted by atomic mass is 16.1. The summed E-state index contributed by atoms with van der Waals surface area (Å²) in [5.74, 6) is 1.37. The molecule has 0 aromatic rings. The third-order valence-electron chi connectivity index (χ3n) is 4.38. The van der Waals surface area contributed by atoms with Gasteiger partial charge in [-0.15, -0.1) is 0 Å². The molecule has 0 amide bonds. The minimum absolute atomic E-state index is 0.498. The number of ketones is 1. The van der Waals surface area contributed by atoms with Crippen LogP contribution >= 0.6 is 0 Å². The number of hydrogen-bond acceptors (Lipinski definition) is 1. The van der Waals surface area contributed by atoms with Gasteiger partial charge < -0.3 is 0 Å². The summed E-state index contributed by atoms with van der Waals surface area (Å²) in [4.78, 5) is 11.1. The molecular weight excluding hydrogens is 220 g/mol. The third kappa shape index (κ3) is 7.89. The molecule has 1 saturated carbocycles. The monoisotopic (exact) mass is 252 g/mol. The first-order valence-corrected chi connectivity index (χ1v) is 8.34. The number of hydrogen-bond donors (Lipinski definition) is 0. The van der Waals surface area contributed by atoms with Gasteiger partial charge in [-0.1, -0.05) is 71.1 Å². The Labute approximate surface area is 114 Å². The molecule has 18 heavy (non-hydrogen) atoms. The fourth-order valence-electron chi connectivity index (χ4n) is 3.03. The first-order chi connectivity index (χ1) is 8.83. The van der Waals surface area contributed by atoms with E-state index in [-0.39, 0.29) is 0 Å². The molecular formula is C17H32O. The van der Waals surface area contributed by atoms with E-state index in [0.29, 0.717) is 5.78 Å². The van der Waals surface area contributed by atoms with Crippen molar-refractivity contribution in [2.75, 3.05) is 0 Å². The zero-order valence-electron chi connectivity index (χ0n) is 12.4. The van der Waals surface area contributed by atoms with Crippen molar-refractivity contribution in [2.24, 2.45) is 5.92 Å². The first-order valence-electron chi connectivity index (χ1n) is 8.34. The predicted octanol–water partition coefficient (Wildman–Crippen LogP) is 5.67. The van der Waals surface area contributed by atoms with Crippen LogP contribution in [-0.2, 0) is 4.79 Å². The Hall–Kier alpha value is -0.330. The minimum atomic E-state index is 0.498. The Balaban J connectivity index is 1.80. The topological polar surface area (TPSA) is 17.1 Å². The molecule has 106 valence electrons. The Morgan fingerprint density at radius 3 is 1.89 bits per heavy atom. The Morgan fingerprint density at radius 2 is 1.33 bits per heavy atom. The van der Waals surface area contributed by atoms with Crippen LogP contribution in [0.3, 0.4) is 0 Å². The van der Waals surface area contributed by atoms with E-state index in [2.05, 4.69) is 6.92 Å². The maximum Gasteiger partial charge on any atom is 0.132 e. The summed E-state index contributed by atoms with van der Waals surface area (Å²) in [5, 5.41) is 0. The van der Waals surface area contributed by atoms with E-state index in [4.69, 9.17) is 0 Å². The van der Waals surface area contributed by atoms with E-state index in [0.717, 1.165) is 18.8 Å². The van der Waals surface area contributed by atoms with E-state index in [1.165, 1.54) is 77.0 Å². The number of rotatable bonds is 10. The van der Waals surface area contributed by atoms with Gasteiger partial charge >= 0.3 is 0 Å². The van der Waals surface area contributed by atoms with Gasteiger partial charge in [0.1, 0.15) is 5.78 Å². The molecule has 0 aromatic heterocycles. The number of unbranched alkanes of at least 4 members (excludes halogenated alkanes) is 8. The quantitative estimate of drug-likeness (QED) is 0.458. The molecule has 1 rings (SSSR count). The summed E-state index contributed by atoms with van der Waals surface area (Å²) >= 11 is 0. The second kappa shape index (κ2) is 10.6. The van der Waals surface area contributed by atoms with Crippen molar-refractivity contribution in [1.29, 1.82) is 0 Å². The average molecular weight is 252 g/mol. The number of Topliss-reactive ketones (excluding diaryl/α,β-unsaturated/α-hetero) is 1. The maximum atomic E-state index is 11.1. The van der Waals surface area contributed by atoms with Gasteiger partial charge in [-0.25, -0.2) is 0 Å². The molecule has 0 spiro atoms. The molecule has 0 saturated heterocycles. The molecule has 0 N–H and O–H groups in total. The summed E-state index contributed by atoms with van der Waals surface area (Å²) in [6, 6.07) is 0. The van der Waals surface area contributed by atoms with E-state index in [1.54, 1.807) is 0 Å². The lowest BCUT2D eigenvalue weighted by Gasteiger charge is -2.20.